The van der Waals surface area contributed by atoms with Gasteiger partial charge in [-0.1, -0.05) is 13.3 Å². The van der Waals surface area contributed by atoms with Crippen molar-refractivity contribution in [3.63, 3.8) is 0 Å². The van der Waals surface area contributed by atoms with Crippen LogP contribution in [0, 0.1) is 5.92 Å². The minimum atomic E-state index is -3.17. The molecule has 0 aromatic heterocycles. The number of hydrogen-bond donors (Lipinski definition) is 1. The van der Waals surface area contributed by atoms with Gasteiger partial charge in [-0.15, -0.1) is 0 Å². The van der Waals surface area contributed by atoms with E-state index in [4.69, 9.17) is 0 Å². The van der Waals surface area contributed by atoms with Gasteiger partial charge >= 0.3 is 0 Å². The van der Waals surface area contributed by atoms with Crippen LogP contribution in [0.3, 0.4) is 0 Å². The summed E-state index contributed by atoms with van der Waals surface area (Å²) in [5, 5.41) is 2.98. The molecule has 0 saturated carbocycles. The number of rotatable bonds is 6. The normalized spacial score (nSPS) is 23.0. The fourth-order valence-electron chi connectivity index (χ4n) is 2.46. The third-order valence-corrected chi connectivity index (χ3v) is 5.47. The van der Waals surface area contributed by atoms with Crippen molar-refractivity contribution in [1.29, 1.82) is 0 Å². The monoisotopic (exact) mass is 290 g/mol. The molecule has 1 N–H and O–H groups in total. The molecule has 1 aliphatic rings. The Morgan fingerprint density at radius 3 is 2.68 bits per heavy atom. The minimum absolute atomic E-state index is 0.00282. The maximum atomic E-state index is 12.1. The van der Waals surface area contributed by atoms with E-state index >= 15 is 0 Å². The molecule has 5 nitrogen and oxygen atoms in total. The average Bonchev–Trinajstić information content (AvgIpc) is 2.39. The van der Waals surface area contributed by atoms with Crippen LogP contribution in [0.1, 0.15) is 46.5 Å². The SMILES string of the molecule is CCC[C@H](C)NC(=O)[C@H]1CCCN(S(=O)(=O)CC)C1. The van der Waals surface area contributed by atoms with E-state index in [-0.39, 0.29) is 23.6 Å². The van der Waals surface area contributed by atoms with E-state index in [1.165, 1.54) is 4.31 Å². The Morgan fingerprint density at radius 2 is 2.11 bits per heavy atom. The molecule has 1 saturated heterocycles. The highest BCUT2D eigenvalue weighted by molar-refractivity contribution is 7.89. The molecule has 19 heavy (non-hydrogen) atoms. The van der Waals surface area contributed by atoms with Gasteiger partial charge in [-0.3, -0.25) is 4.79 Å². The van der Waals surface area contributed by atoms with Gasteiger partial charge in [0.2, 0.25) is 15.9 Å². The summed E-state index contributed by atoms with van der Waals surface area (Å²) in [5.41, 5.74) is 0. The molecule has 0 unspecified atom stereocenters. The number of nitrogens with zero attached hydrogens (tertiary/aromatic N) is 1. The van der Waals surface area contributed by atoms with Gasteiger partial charge in [0.05, 0.1) is 11.7 Å². The number of nitrogens with one attached hydrogen (secondary N) is 1. The van der Waals surface area contributed by atoms with E-state index in [1.54, 1.807) is 6.92 Å². The molecule has 1 rings (SSSR count). The quantitative estimate of drug-likeness (QED) is 0.803. The molecule has 112 valence electrons. The van der Waals surface area contributed by atoms with Crippen molar-refractivity contribution >= 4 is 15.9 Å². The predicted molar refractivity (Wildman–Crippen MR) is 76.3 cm³/mol. The van der Waals surface area contributed by atoms with Gasteiger partial charge in [-0.2, -0.15) is 0 Å². The zero-order valence-corrected chi connectivity index (χ0v) is 13.0. The first kappa shape index (κ1) is 16.4. The predicted octanol–water partition coefficient (Wildman–Crippen LogP) is 1.35. The van der Waals surface area contributed by atoms with Crippen molar-refractivity contribution in [1.82, 2.24) is 9.62 Å². The van der Waals surface area contributed by atoms with Crippen LogP contribution in [0.5, 0.6) is 0 Å². The zero-order chi connectivity index (χ0) is 14.5. The van der Waals surface area contributed by atoms with Crippen molar-refractivity contribution in [3.05, 3.63) is 0 Å². The maximum absolute atomic E-state index is 12.1. The molecular weight excluding hydrogens is 264 g/mol. The number of carbonyl (C=O) groups is 1. The first-order valence-electron chi connectivity index (χ1n) is 7.18. The number of piperidine rings is 1. The summed E-state index contributed by atoms with van der Waals surface area (Å²) in [6.07, 6.45) is 3.53. The van der Waals surface area contributed by atoms with E-state index in [9.17, 15) is 13.2 Å². The van der Waals surface area contributed by atoms with Crippen LogP contribution in [0.2, 0.25) is 0 Å². The summed E-state index contributed by atoms with van der Waals surface area (Å²) in [6, 6.07) is 0.163. The van der Waals surface area contributed by atoms with Crippen molar-refractivity contribution in [2.75, 3.05) is 18.8 Å². The fourth-order valence-corrected chi connectivity index (χ4v) is 3.64. The third kappa shape index (κ3) is 4.76. The summed E-state index contributed by atoms with van der Waals surface area (Å²) >= 11 is 0. The molecule has 0 aromatic carbocycles. The van der Waals surface area contributed by atoms with Gasteiger partial charge in [0.15, 0.2) is 0 Å². The molecule has 6 heteroatoms. The lowest BCUT2D eigenvalue weighted by atomic mass is 9.98. The van der Waals surface area contributed by atoms with Crippen LogP contribution in [0.25, 0.3) is 0 Å². The van der Waals surface area contributed by atoms with E-state index < -0.39 is 10.0 Å². The second kappa shape index (κ2) is 7.24. The fraction of sp³-hybridized carbons (Fsp3) is 0.923. The van der Waals surface area contributed by atoms with Crippen LogP contribution in [-0.4, -0.2) is 43.5 Å². The van der Waals surface area contributed by atoms with Gasteiger partial charge in [0.1, 0.15) is 0 Å². The highest BCUT2D eigenvalue weighted by Gasteiger charge is 2.31. The van der Waals surface area contributed by atoms with Crippen molar-refractivity contribution < 1.29 is 13.2 Å². The van der Waals surface area contributed by atoms with Gasteiger partial charge in [-0.25, -0.2) is 12.7 Å². The van der Waals surface area contributed by atoms with Crippen molar-refractivity contribution in [2.45, 2.75) is 52.5 Å². The summed E-state index contributed by atoms with van der Waals surface area (Å²) in [5.74, 6) is -0.0977. The molecule has 1 fully saturated rings. The zero-order valence-electron chi connectivity index (χ0n) is 12.2. The van der Waals surface area contributed by atoms with Crippen LogP contribution >= 0.6 is 0 Å². The molecular formula is C13H26N2O3S. The first-order chi connectivity index (χ1) is 8.90. The molecule has 0 bridgehead atoms. The molecule has 0 radical (unpaired) electrons. The van der Waals surface area contributed by atoms with E-state index in [0.29, 0.717) is 13.1 Å². The highest BCUT2D eigenvalue weighted by Crippen LogP contribution is 2.20. The van der Waals surface area contributed by atoms with E-state index in [1.807, 2.05) is 6.92 Å². The van der Waals surface area contributed by atoms with Crippen LogP contribution in [0.15, 0.2) is 0 Å². The lowest BCUT2D eigenvalue weighted by Gasteiger charge is -2.31. The van der Waals surface area contributed by atoms with Crippen LogP contribution < -0.4 is 5.32 Å². The van der Waals surface area contributed by atoms with Crippen LogP contribution in [0.4, 0.5) is 0 Å². The number of amides is 1. The smallest absolute Gasteiger partial charge is 0.224 e. The van der Waals surface area contributed by atoms with Crippen molar-refractivity contribution in [3.8, 4) is 0 Å². The largest absolute Gasteiger partial charge is 0.353 e. The molecule has 1 aliphatic heterocycles. The Bertz CT molecular complexity index is 395. The van der Waals surface area contributed by atoms with E-state index in [2.05, 4.69) is 12.2 Å². The summed E-state index contributed by atoms with van der Waals surface area (Å²) in [6.45, 7) is 6.59. The number of carbonyl (C=O) groups excluding carboxylic acids is 1. The molecule has 2 atom stereocenters. The van der Waals surface area contributed by atoms with Gasteiger partial charge in [0, 0.05) is 19.1 Å². The lowest BCUT2D eigenvalue weighted by Crippen LogP contribution is -2.47. The Labute approximate surface area is 116 Å². The topological polar surface area (TPSA) is 66.5 Å². The molecule has 1 heterocycles. The second-order valence-corrected chi connectivity index (χ2v) is 7.55. The number of sulfonamides is 1. The average molecular weight is 290 g/mol. The van der Waals surface area contributed by atoms with Gasteiger partial charge in [-0.05, 0) is 33.1 Å². The Balaban J connectivity index is 2.57. The third-order valence-electron chi connectivity index (χ3n) is 3.62. The Hall–Kier alpha value is -0.620. The first-order valence-corrected chi connectivity index (χ1v) is 8.79. The van der Waals surface area contributed by atoms with Gasteiger partial charge < -0.3 is 5.32 Å². The Kier molecular flexibility index (Phi) is 6.26. The van der Waals surface area contributed by atoms with Crippen molar-refractivity contribution in [2.24, 2.45) is 5.92 Å². The van der Waals surface area contributed by atoms with E-state index in [0.717, 1.165) is 25.7 Å². The molecule has 1 amide bonds. The molecule has 0 spiro atoms. The second-order valence-electron chi connectivity index (χ2n) is 5.30. The number of hydrogen-bond acceptors (Lipinski definition) is 3. The molecule has 0 aromatic rings. The summed E-state index contributed by atoms with van der Waals surface area (Å²) < 4.78 is 25.1. The van der Waals surface area contributed by atoms with Crippen LogP contribution in [-0.2, 0) is 14.8 Å². The minimum Gasteiger partial charge on any atom is -0.353 e. The summed E-state index contributed by atoms with van der Waals surface area (Å²) in [4.78, 5) is 12.1. The van der Waals surface area contributed by atoms with Gasteiger partial charge in [0.25, 0.3) is 0 Å². The molecule has 0 aliphatic carbocycles. The highest BCUT2D eigenvalue weighted by atomic mass is 32.2. The standard InChI is InChI=1S/C13H26N2O3S/c1-4-7-11(3)14-13(16)12-8-6-9-15(10-12)19(17,18)5-2/h11-12H,4-10H2,1-3H3,(H,14,16)/t11-,12-/m0/s1. The lowest BCUT2D eigenvalue weighted by molar-refractivity contribution is -0.126. The Morgan fingerprint density at radius 1 is 1.42 bits per heavy atom. The summed E-state index contributed by atoms with van der Waals surface area (Å²) in [7, 11) is -3.17. The maximum Gasteiger partial charge on any atom is 0.224 e.